The molecule has 1 aliphatic heterocycles. The molecule has 0 atom stereocenters. The number of nitrogens with one attached hydrogen (secondary N) is 1. The normalized spacial score (nSPS) is 14.8. The molecule has 32 heavy (non-hydrogen) atoms. The maximum Gasteiger partial charge on any atom is 0.284 e. The van der Waals surface area contributed by atoms with Crippen molar-refractivity contribution in [2.75, 3.05) is 37.6 Å². The molecule has 7 heteroatoms. The van der Waals surface area contributed by atoms with E-state index in [9.17, 15) is 10.1 Å². The number of piperazine rings is 1. The second-order valence-electron chi connectivity index (χ2n) is 8.32. The van der Waals surface area contributed by atoms with Crippen LogP contribution in [0.1, 0.15) is 28.1 Å². The standard InChI is InChI=1S/C25H25N5O2/c26-15-19-16-28-22-5-3-17(12-21(19)22)2-1-7-29-8-10-30(11-9-29)20-4-6-23-18(13-20)14-24(32-23)25(27)31/h3-6,12-14,16,28H,1-2,7-11H2,(H2,27,31). The van der Waals surface area contributed by atoms with Crippen LogP contribution in [0.2, 0.25) is 0 Å². The summed E-state index contributed by atoms with van der Waals surface area (Å²) < 4.78 is 5.48. The largest absolute Gasteiger partial charge is 0.451 e. The molecule has 4 aromatic rings. The third-order valence-corrected chi connectivity index (χ3v) is 6.29. The quantitative estimate of drug-likeness (QED) is 0.489. The summed E-state index contributed by atoms with van der Waals surface area (Å²) >= 11 is 0. The van der Waals surface area contributed by atoms with Gasteiger partial charge < -0.3 is 20.0 Å². The van der Waals surface area contributed by atoms with Crippen LogP contribution in [-0.4, -0.2) is 48.5 Å². The number of fused-ring (bicyclic) bond motifs is 2. The Bertz CT molecular complexity index is 1320. The van der Waals surface area contributed by atoms with E-state index in [-0.39, 0.29) is 5.76 Å². The number of rotatable bonds is 6. The highest BCUT2D eigenvalue weighted by atomic mass is 16.3. The van der Waals surface area contributed by atoms with Gasteiger partial charge in [0.25, 0.3) is 5.91 Å². The Morgan fingerprint density at radius 3 is 2.75 bits per heavy atom. The number of anilines is 1. The summed E-state index contributed by atoms with van der Waals surface area (Å²) in [6, 6.07) is 16.3. The Hall–Kier alpha value is -3.76. The smallest absolute Gasteiger partial charge is 0.284 e. The first-order valence-electron chi connectivity index (χ1n) is 10.9. The number of hydrogen-bond acceptors (Lipinski definition) is 5. The topological polar surface area (TPSA) is 102 Å². The van der Waals surface area contributed by atoms with Crippen LogP contribution in [0.15, 0.2) is 53.1 Å². The predicted molar refractivity (Wildman–Crippen MR) is 125 cm³/mol. The van der Waals surface area contributed by atoms with Crippen molar-refractivity contribution in [3.8, 4) is 6.07 Å². The minimum Gasteiger partial charge on any atom is -0.451 e. The third kappa shape index (κ3) is 3.93. The van der Waals surface area contributed by atoms with Crippen LogP contribution in [0.4, 0.5) is 5.69 Å². The van der Waals surface area contributed by atoms with Gasteiger partial charge in [-0.3, -0.25) is 9.69 Å². The van der Waals surface area contributed by atoms with E-state index in [0.29, 0.717) is 11.1 Å². The highest BCUT2D eigenvalue weighted by Crippen LogP contribution is 2.26. The molecule has 0 radical (unpaired) electrons. The lowest BCUT2D eigenvalue weighted by Gasteiger charge is -2.36. The van der Waals surface area contributed by atoms with Crippen molar-refractivity contribution in [1.29, 1.82) is 5.26 Å². The number of nitrogens with two attached hydrogens (primary N) is 1. The van der Waals surface area contributed by atoms with Crippen molar-refractivity contribution in [1.82, 2.24) is 9.88 Å². The summed E-state index contributed by atoms with van der Waals surface area (Å²) in [5, 5.41) is 11.1. The van der Waals surface area contributed by atoms with Gasteiger partial charge in [0.1, 0.15) is 11.7 Å². The first-order chi connectivity index (χ1) is 15.6. The summed E-state index contributed by atoms with van der Waals surface area (Å²) in [5.41, 5.74) is 10.1. The number of carbonyl (C=O) groups excluding carboxylic acids is 1. The zero-order valence-electron chi connectivity index (χ0n) is 17.8. The van der Waals surface area contributed by atoms with Gasteiger partial charge in [0.05, 0.1) is 5.56 Å². The fraction of sp³-hybridized carbons (Fsp3) is 0.280. The molecule has 1 fully saturated rings. The van der Waals surface area contributed by atoms with Crippen LogP contribution < -0.4 is 10.6 Å². The monoisotopic (exact) mass is 427 g/mol. The van der Waals surface area contributed by atoms with E-state index in [4.69, 9.17) is 10.2 Å². The van der Waals surface area contributed by atoms with Gasteiger partial charge in [0.15, 0.2) is 5.76 Å². The SMILES string of the molecule is N#Cc1c[nH]c2ccc(CCCN3CCN(c4ccc5oc(C(N)=O)cc5c4)CC3)cc12. The molecule has 5 rings (SSSR count). The third-order valence-electron chi connectivity index (χ3n) is 6.29. The zero-order valence-corrected chi connectivity index (χ0v) is 17.8. The average Bonchev–Trinajstić information content (AvgIpc) is 3.43. The Balaban J connectivity index is 1.15. The molecule has 162 valence electrons. The van der Waals surface area contributed by atoms with Crippen LogP contribution in [-0.2, 0) is 6.42 Å². The van der Waals surface area contributed by atoms with E-state index in [2.05, 4.69) is 45.1 Å². The van der Waals surface area contributed by atoms with Gasteiger partial charge in [-0.25, -0.2) is 0 Å². The summed E-state index contributed by atoms with van der Waals surface area (Å²) in [6.07, 6.45) is 3.87. The second kappa shape index (κ2) is 8.40. The molecular weight excluding hydrogens is 402 g/mol. The van der Waals surface area contributed by atoms with Crippen LogP contribution in [0, 0.1) is 11.3 Å². The number of amides is 1. The maximum atomic E-state index is 11.3. The molecule has 0 spiro atoms. The molecular formula is C25H25N5O2. The second-order valence-corrected chi connectivity index (χ2v) is 8.32. The van der Waals surface area contributed by atoms with Gasteiger partial charge in [0.2, 0.25) is 0 Å². The number of nitriles is 1. The lowest BCUT2D eigenvalue weighted by molar-refractivity contribution is 0.0976. The van der Waals surface area contributed by atoms with Gasteiger partial charge in [-0.2, -0.15) is 5.26 Å². The number of hydrogen-bond donors (Lipinski definition) is 2. The van der Waals surface area contributed by atoms with Crippen molar-refractivity contribution in [2.45, 2.75) is 12.8 Å². The van der Waals surface area contributed by atoms with E-state index < -0.39 is 5.91 Å². The highest BCUT2D eigenvalue weighted by molar-refractivity contribution is 5.95. The van der Waals surface area contributed by atoms with E-state index in [1.165, 1.54) is 5.56 Å². The summed E-state index contributed by atoms with van der Waals surface area (Å²) in [4.78, 5) is 19.4. The number of aromatic amines is 1. The number of primary amides is 1. The summed E-state index contributed by atoms with van der Waals surface area (Å²) in [5.74, 6) is -0.351. The lowest BCUT2D eigenvalue weighted by Crippen LogP contribution is -2.46. The van der Waals surface area contributed by atoms with Crippen molar-refractivity contribution in [3.05, 3.63) is 65.5 Å². The molecule has 7 nitrogen and oxygen atoms in total. The van der Waals surface area contributed by atoms with Gasteiger partial charge in [0, 0.05) is 54.4 Å². The fourth-order valence-electron chi connectivity index (χ4n) is 4.50. The minimum absolute atomic E-state index is 0.196. The molecule has 2 aromatic heterocycles. The fourth-order valence-corrected chi connectivity index (χ4v) is 4.50. The lowest BCUT2D eigenvalue weighted by atomic mass is 10.1. The molecule has 0 bridgehead atoms. The van der Waals surface area contributed by atoms with E-state index in [1.807, 2.05) is 12.1 Å². The minimum atomic E-state index is -0.546. The van der Waals surface area contributed by atoms with Crippen LogP contribution in [0.3, 0.4) is 0 Å². The highest BCUT2D eigenvalue weighted by Gasteiger charge is 2.18. The Morgan fingerprint density at radius 2 is 1.97 bits per heavy atom. The van der Waals surface area contributed by atoms with Gasteiger partial charge >= 0.3 is 0 Å². The number of aryl methyl sites for hydroxylation is 1. The number of carbonyl (C=O) groups is 1. The molecule has 2 aromatic carbocycles. The number of furan rings is 1. The number of benzene rings is 2. The van der Waals surface area contributed by atoms with Crippen molar-refractivity contribution in [3.63, 3.8) is 0 Å². The molecule has 3 N–H and O–H groups in total. The van der Waals surface area contributed by atoms with Crippen molar-refractivity contribution >= 4 is 33.5 Å². The molecule has 1 saturated heterocycles. The van der Waals surface area contributed by atoms with E-state index in [0.717, 1.165) is 67.5 Å². The Labute approximate surface area is 186 Å². The van der Waals surface area contributed by atoms with E-state index in [1.54, 1.807) is 12.3 Å². The molecule has 0 aliphatic carbocycles. The van der Waals surface area contributed by atoms with Crippen molar-refractivity contribution < 1.29 is 9.21 Å². The maximum absolute atomic E-state index is 11.3. The molecule has 0 unspecified atom stereocenters. The number of nitrogens with zero attached hydrogens (tertiary/aromatic N) is 3. The first kappa shape index (κ1) is 20.2. The molecule has 1 aliphatic rings. The summed E-state index contributed by atoms with van der Waals surface area (Å²) in [6.45, 7) is 5.03. The molecule has 0 saturated carbocycles. The average molecular weight is 428 g/mol. The molecule has 3 heterocycles. The first-order valence-corrected chi connectivity index (χ1v) is 10.9. The zero-order chi connectivity index (χ0) is 22.1. The van der Waals surface area contributed by atoms with Gasteiger partial charge in [-0.05, 0) is 61.3 Å². The van der Waals surface area contributed by atoms with Crippen molar-refractivity contribution in [2.24, 2.45) is 5.73 Å². The number of aromatic nitrogens is 1. The van der Waals surface area contributed by atoms with Gasteiger partial charge in [-0.15, -0.1) is 0 Å². The molecule has 1 amide bonds. The van der Waals surface area contributed by atoms with E-state index >= 15 is 0 Å². The Kier molecular flexibility index (Phi) is 5.29. The van der Waals surface area contributed by atoms with Crippen LogP contribution in [0.5, 0.6) is 0 Å². The van der Waals surface area contributed by atoms with Crippen LogP contribution >= 0.6 is 0 Å². The number of H-pyrrole nitrogens is 1. The summed E-state index contributed by atoms with van der Waals surface area (Å²) in [7, 11) is 0. The Morgan fingerprint density at radius 1 is 1.12 bits per heavy atom. The predicted octanol–water partition coefficient (Wildman–Crippen LogP) is 3.64. The van der Waals surface area contributed by atoms with Gasteiger partial charge in [-0.1, -0.05) is 6.07 Å². The van der Waals surface area contributed by atoms with Crippen LogP contribution in [0.25, 0.3) is 21.9 Å².